The molecule has 11 nitrogen and oxygen atoms in total. The Labute approximate surface area is 235 Å². The van der Waals surface area contributed by atoms with Crippen molar-refractivity contribution in [3.63, 3.8) is 0 Å². The quantitative estimate of drug-likeness (QED) is 0.341. The molecule has 1 atom stereocenters. The number of ether oxygens (including phenoxy) is 2. The first-order valence-corrected chi connectivity index (χ1v) is 13.9. The number of nitrogens with zero attached hydrogens (tertiary/aromatic N) is 1. The number of nitrogens with one attached hydrogen (secondary N) is 2. The highest BCUT2D eigenvalue weighted by atomic mass is 35.5. The first-order valence-electron chi connectivity index (χ1n) is 12.1. The van der Waals surface area contributed by atoms with Gasteiger partial charge in [0.1, 0.15) is 18.4 Å². The van der Waals surface area contributed by atoms with E-state index in [4.69, 9.17) is 25.5 Å². The smallest absolute Gasteiger partial charge is 0.340 e. The van der Waals surface area contributed by atoms with Crippen LogP contribution in [0.4, 0.5) is 4.79 Å². The number of urea groups is 1. The molecule has 0 saturated carbocycles. The van der Waals surface area contributed by atoms with Crippen molar-refractivity contribution >= 4 is 39.6 Å². The molecule has 210 valence electrons. The van der Waals surface area contributed by atoms with Gasteiger partial charge >= 0.3 is 18.0 Å². The molecule has 1 unspecified atom stereocenters. The van der Waals surface area contributed by atoms with Gasteiger partial charge in [-0.25, -0.2) is 22.8 Å². The summed E-state index contributed by atoms with van der Waals surface area (Å²) in [6.45, 7) is 1.25. The zero-order valence-electron chi connectivity index (χ0n) is 21.5. The van der Waals surface area contributed by atoms with E-state index in [1.165, 1.54) is 25.4 Å². The van der Waals surface area contributed by atoms with Gasteiger partial charge in [0.2, 0.25) is 10.0 Å². The van der Waals surface area contributed by atoms with Crippen LogP contribution >= 0.6 is 11.6 Å². The Morgan fingerprint density at radius 3 is 2.48 bits per heavy atom. The summed E-state index contributed by atoms with van der Waals surface area (Å²) < 4.78 is 43.4. The summed E-state index contributed by atoms with van der Waals surface area (Å²) in [7, 11) is -2.57. The monoisotopic (exact) mass is 587 g/mol. The summed E-state index contributed by atoms with van der Waals surface area (Å²) in [5.74, 6) is -1.46. The molecule has 0 aliphatic carbocycles. The standard InChI is InChI=1S/C27H26ClN3O8S/c1-3-37-26(33)23-21(29-27(34)30-24(23)22-10-7-13-38-22)16-39-25(32)19-14-18(11-12-20(19)28)40(35,36)31(2)15-17-8-5-4-6-9-17/h4-14,24H,3,15-16H2,1-2H3,(H2,29,30,34). The molecule has 2 heterocycles. The Morgan fingerprint density at radius 2 is 1.80 bits per heavy atom. The molecule has 1 aromatic heterocycles. The summed E-state index contributed by atoms with van der Waals surface area (Å²) >= 11 is 6.22. The number of furan rings is 1. The molecule has 1 aliphatic heterocycles. The van der Waals surface area contributed by atoms with E-state index in [1.807, 2.05) is 6.07 Å². The molecule has 13 heteroatoms. The number of amides is 2. The minimum absolute atomic E-state index is 0.0193. The van der Waals surface area contributed by atoms with E-state index in [9.17, 15) is 22.8 Å². The van der Waals surface area contributed by atoms with Crippen LogP contribution < -0.4 is 10.6 Å². The maximum atomic E-state index is 13.2. The molecule has 0 bridgehead atoms. The molecule has 1 aliphatic rings. The molecule has 0 saturated heterocycles. The second kappa shape index (κ2) is 12.4. The fourth-order valence-corrected chi connectivity index (χ4v) is 5.37. The number of rotatable bonds is 10. The number of benzene rings is 2. The van der Waals surface area contributed by atoms with Crippen LogP contribution in [-0.4, -0.2) is 51.0 Å². The number of carbonyl (C=O) groups is 3. The molecule has 40 heavy (non-hydrogen) atoms. The Balaban J connectivity index is 1.58. The lowest BCUT2D eigenvalue weighted by molar-refractivity contribution is -0.139. The van der Waals surface area contributed by atoms with Gasteiger partial charge in [-0.05, 0) is 42.8 Å². The van der Waals surface area contributed by atoms with Crippen molar-refractivity contribution in [3.8, 4) is 0 Å². The summed E-state index contributed by atoms with van der Waals surface area (Å²) in [6, 6.07) is 14.2. The molecular weight excluding hydrogens is 562 g/mol. The van der Waals surface area contributed by atoms with Crippen LogP contribution in [0.2, 0.25) is 5.02 Å². The summed E-state index contributed by atoms with van der Waals surface area (Å²) in [5.41, 5.74) is 0.523. The van der Waals surface area contributed by atoms with E-state index in [-0.39, 0.29) is 45.7 Å². The second-order valence-electron chi connectivity index (χ2n) is 8.62. The maximum Gasteiger partial charge on any atom is 0.340 e. The maximum absolute atomic E-state index is 13.2. The third kappa shape index (κ3) is 6.36. The molecule has 2 amide bonds. The van der Waals surface area contributed by atoms with E-state index in [2.05, 4.69) is 10.6 Å². The lowest BCUT2D eigenvalue weighted by Gasteiger charge is -2.27. The van der Waals surface area contributed by atoms with Crippen LogP contribution in [0, 0.1) is 0 Å². The van der Waals surface area contributed by atoms with Crippen molar-refractivity contribution in [1.82, 2.24) is 14.9 Å². The van der Waals surface area contributed by atoms with Gasteiger partial charge in [0.15, 0.2) is 0 Å². The van der Waals surface area contributed by atoms with E-state index < -0.39 is 40.6 Å². The minimum atomic E-state index is -3.99. The number of sulfonamides is 1. The molecule has 3 aromatic rings. The predicted molar refractivity (Wildman–Crippen MR) is 144 cm³/mol. The van der Waals surface area contributed by atoms with Crippen molar-refractivity contribution in [1.29, 1.82) is 0 Å². The predicted octanol–water partition coefficient (Wildman–Crippen LogP) is 3.78. The highest BCUT2D eigenvalue weighted by molar-refractivity contribution is 7.89. The van der Waals surface area contributed by atoms with Crippen LogP contribution in [0.3, 0.4) is 0 Å². The first-order chi connectivity index (χ1) is 19.1. The van der Waals surface area contributed by atoms with Gasteiger partial charge in [-0.2, -0.15) is 4.31 Å². The highest BCUT2D eigenvalue weighted by Crippen LogP contribution is 2.29. The normalized spacial score (nSPS) is 15.4. The van der Waals surface area contributed by atoms with Crippen molar-refractivity contribution in [2.75, 3.05) is 20.3 Å². The van der Waals surface area contributed by atoms with Gasteiger partial charge in [-0.1, -0.05) is 41.9 Å². The number of halogens is 1. The van der Waals surface area contributed by atoms with Crippen molar-refractivity contribution in [3.05, 3.63) is 100 Å². The van der Waals surface area contributed by atoms with Crippen LogP contribution in [0.5, 0.6) is 0 Å². The van der Waals surface area contributed by atoms with Gasteiger partial charge in [0, 0.05) is 13.6 Å². The topological polar surface area (TPSA) is 144 Å². The average molecular weight is 588 g/mol. The average Bonchev–Trinajstić information content (AvgIpc) is 3.47. The Morgan fingerprint density at radius 1 is 1.05 bits per heavy atom. The Hall–Kier alpha value is -4.13. The van der Waals surface area contributed by atoms with Crippen LogP contribution in [0.15, 0.2) is 87.5 Å². The molecule has 4 rings (SSSR count). The van der Waals surface area contributed by atoms with Crippen LogP contribution in [-0.2, 0) is 30.8 Å². The van der Waals surface area contributed by atoms with Crippen molar-refractivity contribution in [2.24, 2.45) is 0 Å². The van der Waals surface area contributed by atoms with E-state index in [0.29, 0.717) is 0 Å². The highest BCUT2D eigenvalue weighted by Gasteiger charge is 2.36. The molecular formula is C27H26ClN3O8S. The largest absolute Gasteiger partial charge is 0.467 e. The third-order valence-corrected chi connectivity index (χ3v) is 8.07. The number of hydrogen-bond acceptors (Lipinski definition) is 8. The lowest BCUT2D eigenvalue weighted by atomic mass is 10.0. The van der Waals surface area contributed by atoms with Crippen molar-refractivity contribution < 1.29 is 36.7 Å². The zero-order chi connectivity index (χ0) is 28.9. The number of esters is 2. The lowest BCUT2D eigenvalue weighted by Crippen LogP contribution is -2.47. The van der Waals surface area contributed by atoms with Crippen molar-refractivity contribution in [2.45, 2.75) is 24.4 Å². The third-order valence-electron chi connectivity index (χ3n) is 5.94. The van der Waals surface area contributed by atoms with Gasteiger partial charge in [-0.3, -0.25) is 0 Å². The molecule has 2 aromatic carbocycles. The molecule has 2 N–H and O–H groups in total. The SMILES string of the molecule is CCOC(=O)C1=C(COC(=O)c2cc(S(=O)(=O)N(C)Cc3ccccc3)ccc2Cl)NC(=O)NC1c1ccco1. The summed E-state index contributed by atoms with van der Waals surface area (Å²) in [5, 5.41) is 5.01. The van der Waals surface area contributed by atoms with Crippen LogP contribution in [0.1, 0.15) is 34.6 Å². The molecule has 0 fully saturated rings. The van der Waals surface area contributed by atoms with Gasteiger partial charge in [-0.15, -0.1) is 0 Å². The Kier molecular flexibility index (Phi) is 8.93. The molecule has 0 spiro atoms. The molecule has 0 radical (unpaired) electrons. The second-order valence-corrected chi connectivity index (χ2v) is 11.1. The summed E-state index contributed by atoms with van der Waals surface area (Å²) in [6.07, 6.45) is 1.38. The van der Waals surface area contributed by atoms with Crippen LogP contribution in [0.25, 0.3) is 0 Å². The van der Waals surface area contributed by atoms with E-state index >= 15 is 0 Å². The first kappa shape index (κ1) is 28.9. The fraction of sp³-hybridized carbons (Fsp3) is 0.222. The number of hydrogen-bond donors (Lipinski definition) is 2. The fourth-order valence-electron chi connectivity index (χ4n) is 3.99. The van der Waals surface area contributed by atoms with Gasteiger partial charge in [0.05, 0.1) is 39.6 Å². The van der Waals surface area contributed by atoms with E-state index in [1.54, 1.807) is 43.3 Å². The van der Waals surface area contributed by atoms with Gasteiger partial charge < -0.3 is 24.5 Å². The Bertz CT molecular complexity index is 1540. The van der Waals surface area contributed by atoms with Gasteiger partial charge in [0.25, 0.3) is 0 Å². The summed E-state index contributed by atoms with van der Waals surface area (Å²) in [4.78, 5) is 38.0. The number of carbonyl (C=O) groups excluding carboxylic acids is 3. The zero-order valence-corrected chi connectivity index (χ0v) is 23.1. The minimum Gasteiger partial charge on any atom is -0.467 e. The van der Waals surface area contributed by atoms with E-state index in [0.717, 1.165) is 15.9 Å².